The number of rotatable bonds is 6. The van der Waals surface area contributed by atoms with Crippen molar-refractivity contribution in [3.8, 4) is 0 Å². The molecule has 1 aromatic carbocycles. The van der Waals surface area contributed by atoms with Gasteiger partial charge in [-0.3, -0.25) is 4.79 Å². The molecule has 0 aliphatic carbocycles. The number of amides is 1. The number of benzene rings is 1. The van der Waals surface area contributed by atoms with Crippen LogP contribution in [-0.4, -0.2) is 32.3 Å². The standard InChI is InChI=1S/C12H17ClN2O3/c1-8(18-6-5-17-2)12(16)15-11-4-3-9(14)7-10(11)13/h3-4,7-8H,5-6,14H2,1-2H3,(H,15,16). The molecule has 1 rings (SSSR count). The Kier molecular flexibility index (Phi) is 5.91. The van der Waals surface area contributed by atoms with Gasteiger partial charge in [0.25, 0.3) is 5.91 Å². The summed E-state index contributed by atoms with van der Waals surface area (Å²) in [5.41, 5.74) is 6.62. The molecule has 0 saturated carbocycles. The third kappa shape index (κ3) is 4.52. The summed E-state index contributed by atoms with van der Waals surface area (Å²) >= 11 is 5.95. The van der Waals surface area contributed by atoms with Crippen LogP contribution in [0.4, 0.5) is 11.4 Å². The molecule has 1 atom stereocenters. The normalized spacial score (nSPS) is 12.2. The quantitative estimate of drug-likeness (QED) is 0.613. The summed E-state index contributed by atoms with van der Waals surface area (Å²) in [4.78, 5) is 11.8. The summed E-state index contributed by atoms with van der Waals surface area (Å²) in [6, 6.07) is 4.89. The number of halogens is 1. The predicted molar refractivity (Wildman–Crippen MR) is 71.8 cm³/mol. The first-order valence-electron chi connectivity index (χ1n) is 5.51. The molecular weight excluding hydrogens is 256 g/mol. The third-order valence-corrected chi connectivity index (χ3v) is 2.59. The van der Waals surface area contributed by atoms with Gasteiger partial charge in [-0.05, 0) is 25.1 Å². The Morgan fingerprint density at radius 3 is 2.83 bits per heavy atom. The number of hydrogen-bond acceptors (Lipinski definition) is 4. The van der Waals surface area contributed by atoms with E-state index >= 15 is 0 Å². The number of nitrogen functional groups attached to an aromatic ring is 1. The SMILES string of the molecule is COCCOC(C)C(=O)Nc1ccc(N)cc1Cl. The summed E-state index contributed by atoms with van der Waals surface area (Å²) in [5, 5.41) is 3.07. The second kappa shape index (κ2) is 7.20. The van der Waals surface area contributed by atoms with Gasteiger partial charge in [-0.25, -0.2) is 0 Å². The van der Waals surface area contributed by atoms with Crippen LogP contribution in [-0.2, 0) is 14.3 Å². The highest BCUT2D eigenvalue weighted by molar-refractivity contribution is 6.34. The van der Waals surface area contributed by atoms with E-state index in [1.165, 1.54) is 0 Å². The second-order valence-corrected chi connectivity index (χ2v) is 4.14. The molecule has 18 heavy (non-hydrogen) atoms. The summed E-state index contributed by atoms with van der Waals surface area (Å²) in [5.74, 6) is -0.266. The molecule has 0 aromatic heterocycles. The topological polar surface area (TPSA) is 73.6 Å². The smallest absolute Gasteiger partial charge is 0.253 e. The number of carbonyl (C=O) groups excluding carboxylic acids is 1. The molecule has 5 nitrogen and oxygen atoms in total. The van der Waals surface area contributed by atoms with Crippen LogP contribution in [0.5, 0.6) is 0 Å². The van der Waals surface area contributed by atoms with E-state index in [1.807, 2.05) is 0 Å². The lowest BCUT2D eigenvalue weighted by atomic mass is 10.2. The molecule has 100 valence electrons. The van der Waals surface area contributed by atoms with Crippen LogP contribution in [0.1, 0.15) is 6.92 Å². The van der Waals surface area contributed by atoms with Gasteiger partial charge in [-0.1, -0.05) is 11.6 Å². The van der Waals surface area contributed by atoms with Gasteiger partial charge in [0, 0.05) is 12.8 Å². The largest absolute Gasteiger partial charge is 0.399 e. The van der Waals surface area contributed by atoms with Crippen LogP contribution < -0.4 is 11.1 Å². The molecule has 0 fully saturated rings. The Morgan fingerprint density at radius 1 is 1.50 bits per heavy atom. The minimum absolute atomic E-state index is 0.266. The van der Waals surface area contributed by atoms with E-state index in [0.717, 1.165) is 0 Å². The maximum absolute atomic E-state index is 11.8. The minimum atomic E-state index is -0.575. The van der Waals surface area contributed by atoms with Gasteiger partial charge in [0.15, 0.2) is 0 Å². The molecule has 0 bridgehead atoms. The fraction of sp³-hybridized carbons (Fsp3) is 0.417. The highest BCUT2D eigenvalue weighted by Gasteiger charge is 2.14. The first-order chi connectivity index (χ1) is 8.54. The zero-order chi connectivity index (χ0) is 13.5. The number of hydrogen-bond donors (Lipinski definition) is 2. The maximum atomic E-state index is 11.8. The molecule has 0 aliphatic heterocycles. The first kappa shape index (κ1) is 14.8. The van der Waals surface area contributed by atoms with Crippen LogP contribution in [0.3, 0.4) is 0 Å². The number of carbonyl (C=O) groups is 1. The van der Waals surface area contributed by atoms with E-state index in [1.54, 1.807) is 32.2 Å². The summed E-state index contributed by atoms with van der Waals surface area (Å²) in [6.07, 6.45) is -0.575. The highest BCUT2D eigenvalue weighted by Crippen LogP contribution is 2.24. The van der Waals surface area contributed by atoms with Gasteiger partial charge in [0.1, 0.15) is 6.10 Å². The molecule has 0 spiro atoms. The lowest BCUT2D eigenvalue weighted by Crippen LogP contribution is -2.28. The number of anilines is 2. The van der Waals surface area contributed by atoms with E-state index in [4.69, 9.17) is 26.8 Å². The Hall–Kier alpha value is -1.30. The Labute approximate surface area is 111 Å². The van der Waals surface area contributed by atoms with E-state index in [9.17, 15) is 4.79 Å². The molecule has 0 heterocycles. The van der Waals surface area contributed by atoms with E-state index in [0.29, 0.717) is 29.6 Å². The van der Waals surface area contributed by atoms with Gasteiger partial charge in [-0.2, -0.15) is 0 Å². The van der Waals surface area contributed by atoms with Crippen molar-refractivity contribution in [2.75, 3.05) is 31.4 Å². The fourth-order valence-corrected chi connectivity index (χ4v) is 1.49. The average molecular weight is 273 g/mol. The molecular formula is C12H17ClN2O3. The predicted octanol–water partition coefficient (Wildman–Crippen LogP) is 1.91. The number of methoxy groups -OCH3 is 1. The number of nitrogens with one attached hydrogen (secondary N) is 1. The molecule has 1 amide bonds. The van der Waals surface area contributed by atoms with Gasteiger partial charge in [-0.15, -0.1) is 0 Å². The van der Waals surface area contributed by atoms with E-state index in [2.05, 4.69) is 5.32 Å². The lowest BCUT2D eigenvalue weighted by molar-refractivity contribution is -0.127. The first-order valence-corrected chi connectivity index (χ1v) is 5.89. The molecule has 0 radical (unpaired) electrons. The Morgan fingerprint density at radius 2 is 2.22 bits per heavy atom. The van der Waals surface area contributed by atoms with Gasteiger partial charge >= 0.3 is 0 Å². The van der Waals surface area contributed by atoms with Crippen LogP contribution in [0.2, 0.25) is 5.02 Å². The van der Waals surface area contributed by atoms with Crippen molar-refractivity contribution in [1.82, 2.24) is 0 Å². The van der Waals surface area contributed by atoms with Crippen LogP contribution in [0.25, 0.3) is 0 Å². The van der Waals surface area contributed by atoms with Crippen LogP contribution >= 0.6 is 11.6 Å². The minimum Gasteiger partial charge on any atom is -0.399 e. The zero-order valence-electron chi connectivity index (χ0n) is 10.4. The van der Waals surface area contributed by atoms with Crippen molar-refractivity contribution >= 4 is 28.9 Å². The molecule has 0 aliphatic rings. The van der Waals surface area contributed by atoms with Crippen molar-refractivity contribution in [2.24, 2.45) is 0 Å². The summed E-state index contributed by atoms with van der Waals surface area (Å²) < 4.78 is 10.1. The van der Waals surface area contributed by atoms with Crippen molar-refractivity contribution < 1.29 is 14.3 Å². The number of nitrogens with two attached hydrogens (primary N) is 1. The van der Waals surface area contributed by atoms with Crippen molar-refractivity contribution in [2.45, 2.75) is 13.0 Å². The Balaban J connectivity index is 2.53. The average Bonchev–Trinajstić information content (AvgIpc) is 2.32. The van der Waals surface area contributed by atoms with E-state index < -0.39 is 6.10 Å². The molecule has 6 heteroatoms. The van der Waals surface area contributed by atoms with E-state index in [-0.39, 0.29) is 5.91 Å². The lowest BCUT2D eigenvalue weighted by Gasteiger charge is -2.14. The monoisotopic (exact) mass is 272 g/mol. The van der Waals surface area contributed by atoms with Gasteiger partial charge < -0.3 is 20.5 Å². The number of ether oxygens (including phenoxy) is 2. The second-order valence-electron chi connectivity index (χ2n) is 3.73. The van der Waals surface area contributed by atoms with Crippen molar-refractivity contribution in [3.05, 3.63) is 23.2 Å². The Bertz CT molecular complexity index is 412. The van der Waals surface area contributed by atoms with Crippen molar-refractivity contribution in [3.63, 3.8) is 0 Å². The fourth-order valence-electron chi connectivity index (χ4n) is 1.25. The van der Waals surface area contributed by atoms with Gasteiger partial charge in [0.2, 0.25) is 0 Å². The summed E-state index contributed by atoms with van der Waals surface area (Å²) in [6.45, 7) is 2.47. The highest BCUT2D eigenvalue weighted by atomic mass is 35.5. The molecule has 3 N–H and O–H groups in total. The molecule has 1 unspecified atom stereocenters. The van der Waals surface area contributed by atoms with Crippen LogP contribution in [0, 0.1) is 0 Å². The van der Waals surface area contributed by atoms with Gasteiger partial charge in [0.05, 0.1) is 23.9 Å². The van der Waals surface area contributed by atoms with Crippen molar-refractivity contribution in [1.29, 1.82) is 0 Å². The zero-order valence-corrected chi connectivity index (χ0v) is 11.2. The maximum Gasteiger partial charge on any atom is 0.253 e. The summed E-state index contributed by atoms with van der Waals surface area (Å²) in [7, 11) is 1.57. The molecule has 1 aromatic rings. The molecule has 0 saturated heterocycles. The third-order valence-electron chi connectivity index (χ3n) is 2.28. The van der Waals surface area contributed by atoms with Crippen LogP contribution in [0.15, 0.2) is 18.2 Å².